The summed E-state index contributed by atoms with van der Waals surface area (Å²) in [4.78, 5) is 30.4. The fourth-order valence-electron chi connectivity index (χ4n) is 3.02. The predicted octanol–water partition coefficient (Wildman–Crippen LogP) is 6.03. The van der Waals surface area contributed by atoms with Crippen molar-refractivity contribution >= 4 is 40.2 Å². The molecule has 5 nitrogen and oxygen atoms in total. The summed E-state index contributed by atoms with van der Waals surface area (Å²) in [5.74, 6) is -1.05. The van der Waals surface area contributed by atoms with Crippen LogP contribution in [0.1, 0.15) is 33.3 Å². The van der Waals surface area contributed by atoms with Crippen molar-refractivity contribution in [3.63, 3.8) is 0 Å². The van der Waals surface area contributed by atoms with Crippen LogP contribution in [0.25, 0.3) is 10.6 Å². The van der Waals surface area contributed by atoms with Crippen LogP contribution in [0.5, 0.6) is 0 Å². The number of thiophene rings is 1. The molecule has 2 aromatic carbocycles. The molecular formula is C24H20N2O3S2. The second-order valence-electron chi connectivity index (χ2n) is 7.05. The SMILES string of the molecule is Cc1ccc(C)c(NC(=O)C(OC(=O)c2csc(-c3ccsc3)n2)c2ccccc2)c1. The zero-order valence-electron chi connectivity index (χ0n) is 17.0. The molecule has 7 heteroatoms. The zero-order valence-corrected chi connectivity index (χ0v) is 18.6. The number of anilines is 1. The van der Waals surface area contributed by atoms with Gasteiger partial charge >= 0.3 is 5.97 Å². The lowest BCUT2D eigenvalue weighted by molar-refractivity contribution is -0.125. The molecule has 1 amide bonds. The number of amides is 1. The standard InChI is InChI=1S/C24H20N2O3S2/c1-15-8-9-16(2)19(12-15)25-22(27)21(17-6-4-3-5-7-17)29-24(28)20-14-31-23(26-20)18-10-11-30-13-18/h3-14,21H,1-2H3,(H,25,27). The van der Waals surface area contributed by atoms with Crippen molar-refractivity contribution in [1.82, 2.24) is 4.98 Å². The molecular weight excluding hydrogens is 428 g/mol. The number of aromatic nitrogens is 1. The second-order valence-corrected chi connectivity index (χ2v) is 8.69. The van der Waals surface area contributed by atoms with Gasteiger partial charge in [0.25, 0.3) is 5.91 Å². The summed E-state index contributed by atoms with van der Waals surface area (Å²) in [5, 5.41) is 9.22. The molecule has 1 unspecified atom stereocenters. The fourth-order valence-corrected chi connectivity index (χ4v) is 4.52. The van der Waals surface area contributed by atoms with E-state index in [9.17, 15) is 9.59 Å². The van der Waals surface area contributed by atoms with Crippen LogP contribution in [0.4, 0.5) is 5.69 Å². The van der Waals surface area contributed by atoms with E-state index < -0.39 is 18.0 Å². The van der Waals surface area contributed by atoms with Gasteiger partial charge in [0.2, 0.25) is 6.10 Å². The van der Waals surface area contributed by atoms with Crippen LogP contribution in [0, 0.1) is 13.8 Å². The lowest BCUT2D eigenvalue weighted by Gasteiger charge is -2.18. The van der Waals surface area contributed by atoms with Crippen molar-refractivity contribution in [3.05, 3.63) is 93.1 Å². The van der Waals surface area contributed by atoms with E-state index in [4.69, 9.17) is 4.74 Å². The van der Waals surface area contributed by atoms with Crippen molar-refractivity contribution in [1.29, 1.82) is 0 Å². The third-order valence-electron chi connectivity index (χ3n) is 4.70. The summed E-state index contributed by atoms with van der Waals surface area (Å²) >= 11 is 2.93. The molecule has 0 radical (unpaired) electrons. The number of benzene rings is 2. The molecule has 0 fully saturated rings. The van der Waals surface area contributed by atoms with Gasteiger partial charge in [0.05, 0.1) is 0 Å². The predicted molar refractivity (Wildman–Crippen MR) is 125 cm³/mol. The van der Waals surface area contributed by atoms with E-state index in [0.717, 1.165) is 21.7 Å². The van der Waals surface area contributed by atoms with E-state index in [-0.39, 0.29) is 5.69 Å². The highest BCUT2D eigenvalue weighted by Crippen LogP contribution is 2.28. The molecule has 0 saturated heterocycles. The molecule has 2 heterocycles. The molecule has 1 atom stereocenters. The Morgan fingerprint density at radius 3 is 2.58 bits per heavy atom. The molecule has 0 aliphatic heterocycles. The summed E-state index contributed by atoms with van der Waals surface area (Å²) in [6.45, 7) is 3.87. The highest BCUT2D eigenvalue weighted by molar-refractivity contribution is 7.14. The van der Waals surface area contributed by atoms with E-state index in [0.29, 0.717) is 11.3 Å². The third-order valence-corrected chi connectivity index (χ3v) is 6.27. The van der Waals surface area contributed by atoms with Crippen LogP contribution < -0.4 is 5.32 Å². The quantitative estimate of drug-likeness (QED) is 0.366. The van der Waals surface area contributed by atoms with Crippen LogP contribution in [0.3, 0.4) is 0 Å². The Kier molecular flexibility index (Phi) is 6.25. The lowest BCUT2D eigenvalue weighted by atomic mass is 10.1. The van der Waals surface area contributed by atoms with Gasteiger partial charge in [-0.05, 0) is 42.5 Å². The first-order valence-corrected chi connectivity index (χ1v) is 11.5. The summed E-state index contributed by atoms with van der Waals surface area (Å²) < 4.78 is 5.65. The number of nitrogens with zero attached hydrogens (tertiary/aromatic N) is 1. The maximum Gasteiger partial charge on any atom is 0.358 e. The van der Waals surface area contributed by atoms with Gasteiger partial charge in [0.1, 0.15) is 5.01 Å². The van der Waals surface area contributed by atoms with Crippen molar-refractivity contribution in [2.75, 3.05) is 5.32 Å². The second kappa shape index (κ2) is 9.24. The van der Waals surface area contributed by atoms with E-state index >= 15 is 0 Å². The summed E-state index contributed by atoms with van der Waals surface area (Å²) in [6.07, 6.45) is -1.10. The first-order chi connectivity index (χ1) is 15.0. The molecule has 0 saturated carbocycles. The number of aryl methyl sites for hydroxylation is 2. The van der Waals surface area contributed by atoms with E-state index in [1.54, 1.807) is 41.0 Å². The molecule has 1 N–H and O–H groups in total. The first kappa shape index (κ1) is 21.0. The Hall–Kier alpha value is -3.29. The maximum atomic E-state index is 13.1. The monoisotopic (exact) mass is 448 g/mol. The van der Waals surface area contributed by atoms with Crippen LogP contribution in [-0.2, 0) is 9.53 Å². The minimum atomic E-state index is -1.10. The zero-order chi connectivity index (χ0) is 21.8. The van der Waals surface area contributed by atoms with Crippen LogP contribution >= 0.6 is 22.7 Å². The number of carbonyl (C=O) groups excluding carboxylic acids is 2. The number of nitrogens with one attached hydrogen (secondary N) is 1. The van der Waals surface area contributed by atoms with Crippen molar-refractivity contribution in [2.45, 2.75) is 20.0 Å². The third kappa shape index (κ3) is 4.90. The molecule has 31 heavy (non-hydrogen) atoms. The first-order valence-electron chi connectivity index (χ1n) is 9.63. The van der Waals surface area contributed by atoms with Gasteiger partial charge in [0.15, 0.2) is 5.69 Å². The van der Waals surface area contributed by atoms with Crippen LogP contribution in [0.15, 0.2) is 70.7 Å². The smallest absolute Gasteiger partial charge is 0.358 e. The molecule has 0 aliphatic carbocycles. The molecule has 2 aromatic heterocycles. The van der Waals surface area contributed by atoms with Gasteiger partial charge in [-0.25, -0.2) is 9.78 Å². The number of esters is 1. The Morgan fingerprint density at radius 2 is 1.84 bits per heavy atom. The summed E-state index contributed by atoms with van der Waals surface area (Å²) in [5.41, 5.74) is 4.38. The Bertz CT molecular complexity index is 1200. The average Bonchev–Trinajstić information content (AvgIpc) is 3.47. The fraction of sp³-hybridized carbons (Fsp3) is 0.125. The van der Waals surface area contributed by atoms with Crippen molar-refractivity contribution in [3.8, 4) is 10.6 Å². The maximum absolute atomic E-state index is 13.1. The molecule has 0 aliphatic rings. The highest BCUT2D eigenvalue weighted by atomic mass is 32.1. The molecule has 0 spiro atoms. The van der Waals surface area contributed by atoms with Crippen LogP contribution in [-0.4, -0.2) is 16.9 Å². The number of thiazole rings is 1. The summed E-state index contributed by atoms with van der Waals surface area (Å²) in [6, 6.07) is 16.7. The van der Waals surface area contributed by atoms with Gasteiger partial charge in [-0.1, -0.05) is 42.5 Å². The molecule has 0 bridgehead atoms. The van der Waals surface area contributed by atoms with Crippen molar-refractivity contribution < 1.29 is 14.3 Å². The Balaban J connectivity index is 1.57. The number of rotatable bonds is 6. The number of ether oxygens (including phenoxy) is 1. The molecule has 4 aromatic rings. The van der Waals surface area contributed by atoms with E-state index in [1.165, 1.54) is 11.3 Å². The number of carbonyl (C=O) groups is 2. The Morgan fingerprint density at radius 1 is 1.03 bits per heavy atom. The van der Waals surface area contributed by atoms with Gasteiger partial charge in [-0.3, -0.25) is 4.79 Å². The average molecular weight is 449 g/mol. The van der Waals surface area contributed by atoms with Gasteiger partial charge in [-0.15, -0.1) is 11.3 Å². The number of hydrogen-bond donors (Lipinski definition) is 1. The number of hydrogen-bond acceptors (Lipinski definition) is 6. The van der Waals surface area contributed by atoms with Crippen LogP contribution in [0.2, 0.25) is 0 Å². The highest BCUT2D eigenvalue weighted by Gasteiger charge is 2.27. The minimum absolute atomic E-state index is 0.187. The summed E-state index contributed by atoms with van der Waals surface area (Å²) in [7, 11) is 0. The largest absolute Gasteiger partial charge is 0.443 e. The van der Waals surface area contributed by atoms with E-state index in [1.807, 2.05) is 54.9 Å². The lowest BCUT2D eigenvalue weighted by Crippen LogP contribution is -2.26. The topological polar surface area (TPSA) is 68.3 Å². The van der Waals surface area contributed by atoms with Gasteiger partial charge < -0.3 is 10.1 Å². The molecule has 4 rings (SSSR count). The van der Waals surface area contributed by atoms with E-state index in [2.05, 4.69) is 10.3 Å². The van der Waals surface area contributed by atoms with Crippen molar-refractivity contribution in [2.24, 2.45) is 0 Å². The van der Waals surface area contributed by atoms with Gasteiger partial charge in [-0.2, -0.15) is 11.3 Å². The normalized spacial score (nSPS) is 11.7. The Labute approximate surface area is 188 Å². The minimum Gasteiger partial charge on any atom is -0.443 e. The van der Waals surface area contributed by atoms with Gasteiger partial charge in [0, 0.05) is 27.6 Å². The molecule has 156 valence electrons.